The van der Waals surface area contributed by atoms with Crippen LogP contribution in [0.4, 0.5) is 0 Å². The molecule has 0 aliphatic rings. The summed E-state index contributed by atoms with van der Waals surface area (Å²) in [6.07, 6.45) is 0.350. The van der Waals surface area contributed by atoms with Gasteiger partial charge in [0.05, 0.1) is 0 Å². The molecule has 67 valence electrons. The van der Waals surface area contributed by atoms with E-state index in [-0.39, 0.29) is 17.0 Å². The van der Waals surface area contributed by atoms with Gasteiger partial charge < -0.3 is 0 Å². The molecule has 0 spiro atoms. The van der Waals surface area contributed by atoms with Crippen LogP contribution >= 0.6 is 0 Å². The van der Waals surface area contributed by atoms with Crippen LogP contribution in [0.15, 0.2) is 30.3 Å². The van der Waals surface area contributed by atoms with Gasteiger partial charge in [0.25, 0.3) is 0 Å². The maximum absolute atomic E-state index is 5.48. The van der Waals surface area contributed by atoms with Crippen LogP contribution in [-0.4, -0.2) is 10.7 Å². The molecule has 0 bridgehead atoms. The molecule has 12 heavy (non-hydrogen) atoms. The third kappa shape index (κ3) is 3.89. The standard InChI is InChI=1S/C7H6.C3H7O.Ru/c1-7-5-3-2-4-6-7;1-3(2)4;/h1-6H;3H,1-2H3;/q;-1;+1. The molecule has 0 N–H and O–H groups in total. The predicted molar refractivity (Wildman–Crippen MR) is 47.8 cm³/mol. The second-order valence-electron chi connectivity index (χ2n) is 2.73. The molecule has 0 amide bonds. The summed E-state index contributed by atoms with van der Waals surface area (Å²) in [6, 6.07) is 10.3. The van der Waals surface area contributed by atoms with Gasteiger partial charge in [-0.3, -0.25) is 0 Å². The molecule has 0 fully saturated rings. The van der Waals surface area contributed by atoms with Gasteiger partial charge in [0.1, 0.15) is 0 Å². The molecule has 0 saturated carbocycles. The van der Waals surface area contributed by atoms with E-state index < -0.39 is 0 Å². The second kappa shape index (κ2) is 5.34. The molecular formula is C10H13ORu. The normalized spacial score (nSPS) is 11.9. The van der Waals surface area contributed by atoms with E-state index >= 15 is 0 Å². The van der Waals surface area contributed by atoms with Crippen LogP contribution in [-0.2, 0) is 20.6 Å². The summed E-state index contributed by atoms with van der Waals surface area (Å²) in [5, 5.41) is 0. The van der Waals surface area contributed by atoms with Crippen LogP contribution in [0.5, 0.6) is 0 Å². The Bertz CT molecular complexity index is 241. The van der Waals surface area contributed by atoms with Crippen molar-refractivity contribution >= 4 is 4.61 Å². The summed E-state index contributed by atoms with van der Waals surface area (Å²) >= 11 is -0.0527. The fourth-order valence-electron chi connectivity index (χ4n) is 0.689. The first-order valence-corrected chi connectivity index (χ1v) is 5.65. The van der Waals surface area contributed by atoms with E-state index in [0.29, 0.717) is 6.10 Å². The number of hydrogen-bond donors (Lipinski definition) is 0. The molecular weight excluding hydrogens is 237 g/mol. The molecule has 0 saturated heterocycles. The quantitative estimate of drug-likeness (QED) is 0.748. The first-order valence-electron chi connectivity index (χ1n) is 3.94. The summed E-state index contributed by atoms with van der Waals surface area (Å²) in [4.78, 5) is 0. The van der Waals surface area contributed by atoms with E-state index in [4.69, 9.17) is 3.56 Å². The average molecular weight is 250 g/mol. The van der Waals surface area contributed by atoms with Crippen molar-refractivity contribution in [2.45, 2.75) is 20.0 Å². The van der Waals surface area contributed by atoms with Crippen LogP contribution in [0.2, 0.25) is 0 Å². The van der Waals surface area contributed by atoms with Crippen LogP contribution in [0, 0.1) is 0 Å². The van der Waals surface area contributed by atoms with Gasteiger partial charge in [-0.15, -0.1) is 0 Å². The van der Waals surface area contributed by atoms with Crippen LogP contribution in [0.1, 0.15) is 19.4 Å². The molecule has 0 unspecified atom stereocenters. The Morgan fingerprint density at radius 1 is 1.25 bits per heavy atom. The monoisotopic (exact) mass is 251 g/mol. The van der Waals surface area contributed by atoms with Gasteiger partial charge in [0.2, 0.25) is 0 Å². The summed E-state index contributed by atoms with van der Waals surface area (Å²) < 4.78 is 7.65. The first-order chi connectivity index (χ1) is 5.79. The van der Waals surface area contributed by atoms with Crippen molar-refractivity contribution < 1.29 is 20.6 Å². The summed E-state index contributed by atoms with van der Waals surface area (Å²) in [7, 11) is 0. The van der Waals surface area contributed by atoms with Gasteiger partial charge in [0, 0.05) is 0 Å². The zero-order valence-corrected chi connectivity index (χ0v) is 9.04. The minimum atomic E-state index is -0.0527. The summed E-state index contributed by atoms with van der Waals surface area (Å²) in [5.74, 6) is 0. The van der Waals surface area contributed by atoms with Crippen molar-refractivity contribution in [1.29, 1.82) is 0 Å². The van der Waals surface area contributed by atoms with E-state index in [1.807, 2.05) is 18.2 Å². The third-order valence-electron chi connectivity index (χ3n) is 1.17. The van der Waals surface area contributed by atoms with Crippen molar-refractivity contribution in [2.24, 2.45) is 0 Å². The van der Waals surface area contributed by atoms with Crippen molar-refractivity contribution in [3.63, 3.8) is 0 Å². The van der Waals surface area contributed by atoms with E-state index in [9.17, 15) is 0 Å². The molecule has 0 radical (unpaired) electrons. The molecule has 1 aromatic rings. The topological polar surface area (TPSA) is 9.23 Å². The second-order valence-corrected chi connectivity index (χ2v) is 4.05. The van der Waals surface area contributed by atoms with Gasteiger partial charge >= 0.3 is 81.1 Å². The Hall–Kier alpha value is -0.327. The molecule has 0 atom stereocenters. The van der Waals surface area contributed by atoms with Crippen molar-refractivity contribution in [1.82, 2.24) is 0 Å². The molecule has 1 aromatic carbocycles. The van der Waals surface area contributed by atoms with E-state index in [1.165, 1.54) is 5.56 Å². The summed E-state index contributed by atoms with van der Waals surface area (Å²) in [6.45, 7) is 4.13. The van der Waals surface area contributed by atoms with Gasteiger partial charge in [0.15, 0.2) is 0 Å². The van der Waals surface area contributed by atoms with E-state index in [2.05, 4.69) is 30.6 Å². The van der Waals surface area contributed by atoms with Gasteiger partial charge in [-0.25, -0.2) is 0 Å². The molecule has 0 heterocycles. The van der Waals surface area contributed by atoms with Gasteiger partial charge in [-0.05, 0) is 0 Å². The zero-order valence-electron chi connectivity index (χ0n) is 7.30. The molecule has 2 heteroatoms. The van der Waals surface area contributed by atoms with E-state index in [1.54, 1.807) is 0 Å². The maximum atomic E-state index is 5.48. The summed E-state index contributed by atoms with van der Waals surface area (Å²) in [5.41, 5.74) is 1.26. The fraction of sp³-hybridized carbons (Fsp3) is 0.300. The number of hydrogen-bond acceptors (Lipinski definition) is 1. The first kappa shape index (κ1) is 9.76. The fourth-order valence-corrected chi connectivity index (χ4v) is 1.85. The predicted octanol–water partition coefficient (Wildman–Crippen LogP) is 2.26. The average Bonchev–Trinajstić information content (AvgIpc) is 2.05. The molecule has 1 rings (SSSR count). The Labute approximate surface area is 81.3 Å². The van der Waals surface area contributed by atoms with Gasteiger partial charge in [-0.2, -0.15) is 0 Å². The van der Waals surface area contributed by atoms with E-state index in [0.717, 1.165) is 0 Å². The van der Waals surface area contributed by atoms with Gasteiger partial charge in [-0.1, -0.05) is 0 Å². The van der Waals surface area contributed by atoms with Crippen molar-refractivity contribution in [3.05, 3.63) is 35.9 Å². The minimum absolute atomic E-state index is 0.0527. The van der Waals surface area contributed by atoms with Crippen LogP contribution in [0.25, 0.3) is 0 Å². The Balaban J connectivity index is 2.47. The number of benzene rings is 1. The van der Waals surface area contributed by atoms with Crippen LogP contribution < -0.4 is 0 Å². The molecule has 1 nitrogen and oxygen atoms in total. The third-order valence-corrected chi connectivity index (χ3v) is 3.01. The molecule has 0 aliphatic carbocycles. The molecule has 0 aliphatic heterocycles. The van der Waals surface area contributed by atoms with Crippen molar-refractivity contribution in [2.75, 3.05) is 0 Å². The molecule has 0 aromatic heterocycles. The number of rotatable bonds is 3. The SMILES string of the molecule is CC(C)[O][Ru]=[CH]c1ccccc1. The Morgan fingerprint density at radius 3 is 2.50 bits per heavy atom. The van der Waals surface area contributed by atoms with Crippen molar-refractivity contribution in [3.8, 4) is 0 Å². The Kier molecular flexibility index (Phi) is 4.34. The Morgan fingerprint density at radius 2 is 1.92 bits per heavy atom. The van der Waals surface area contributed by atoms with Crippen LogP contribution in [0.3, 0.4) is 0 Å². The zero-order chi connectivity index (χ0) is 8.81.